The van der Waals surface area contributed by atoms with Crippen molar-refractivity contribution < 1.29 is 14.7 Å². The van der Waals surface area contributed by atoms with Crippen molar-refractivity contribution in [3.8, 4) is 0 Å². The predicted molar refractivity (Wildman–Crippen MR) is 52.7 cm³/mol. The lowest BCUT2D eigenvalue weighted by molar-refractivity contribution is -0.142. The van der Waals surface area contributed by atoms with Crippen LogP contribution in [0.2, 0.25) is 0 Å². The van der Waals surface area contributed by atoms with Crippen LogP contribution in [0.5, 0.6) is 0 Å². The van der Waals surface area contributed by atoms with E-state index in [1.54, 1.807) is 0 Å². The Morgan fingerprint density at radius 2 is 2.00 bits per heavy atom. The van der Waals surface area contributed by atoms with E-state index in [1.807, 2.05) is 6.92 Å². The third-order valence-electron chi connectivity index (χ3n) is 1.77. The van der Waals surface area contributed by atoms with Crippen LogP contribution < -0.4 is 11.1 Å². The summed E-state index contributed by atoms with van der Waals surface area (Å²) < 4.78 is 0. The highest BCUT2D eigenvalue weighted by Crippen LogP contribution is 2.01. The lowest BCUT2D eigenvalue weighted by Crippen LogP contribution is -2.53. The zero-order valence-corrected chi connectivity index (χ0v) is 8.83. The van der Waals surface area contributed by atoms with Crippen molar-refractivity contribution in [2.75, 3.05) is 0 Å². The molecule has 0 aromatic rings. The summed E-state index contributed by atoms with van der Waals surface area (Å²) in [5.41, 5.74) is 4.48. The maximum absolute atomic E-state index is 11.4. The second kappa shape index (κ2) is 4.95. The third kappa shape index (κ3) is 4.23. The number of carboxylic acid groups (broad SMARTS) is 1. The summed E-state index contributed by atoms with van der Waals surface area (Å²) >= 11 is 0. The molecule has 0 aliphatic carbocycles. The number of carboxylic acids is 1. The molecule has 0 radical (unpaired) electrons. The maximum Gasteiger partial charge on any atom is 0.326 e. The number of hydrogen-bond acceptors (Lipinski definition) is 3. The first-order valence-corrected chi connectivity index (χ1v) is 4.61. The predicted octanol–water partition coefficient (Wildman–Crippen LogP) is 0.0932. The zero-order valence-electron chi connectivity index (χ0n) is 8.83. The highest BCUT2D eigenvalue weighted by atomic mass is 16.4. The Balaban J connectivity index is 4.31. The van der Waals surface area contributed by atoms with Gasteiger partial charge in [0.05, 0.1) is 5.54 Å². The first-order chi connectivity index (χ1) is 6.29. The van der Waals surface area contributed by atoms with Gasteiger partial charge in [-0.05, 0) is 20.3 Å². The van der Waals surface area contributed by atoms with E-state index in [1.165, 1.54) is 13.8 Å². The highest BCUT2D eigenvalue weighted by Gasteiger charge is 2.26. The molecule has 5 heteroatoms. The number of aliphatic carboxylic acids is 1. The smallest absolute Gasteiger partial charge is 0.326 e. The zero-order chi connectivity index (χ0) is 11.4. The van der Waals surface area contributed by atoms with Gasteiger partial charge in [-0.15, -0.1) is 0 Å². The summed E-state index contributed by atoms with van der Waals surface area (Å²) in [6.45, 7) is 4.93. The van der Waals surface area contributed by atoms with Gasteiger partial charge >= 0.3 is 5.97 Å². The standard InChI is InChI=1S/C9H18N2O3/c1-4-5-6(7(12)13)11-8(14)9(2,3)10/h6H,4-5,10H2,1-3H3,(H,11,14)(H,12,13)/t6-/m1/s1. The lowest BCUT2D eigenvalue weighted by Gasteiger charge is -2.21. The van der Waals surface area contributed by atoms with Gasteiger partial charge in [0.2, 0.25) is 5.91 Å². The molecule has 5 nitrogen and oxygen atoms in total. The number of carbonyl (C=O) groups is 2. The number of carbonyl (C=O) groups excluding carboxylic acids is 1. The molecule has 0 bridgehead atoms. The van der Waals surface area contributed by atoms with E-state index in [9.17, 15) is 9.59 Å². The molecule has 0 fully saturated rings. The van der Waals surface area contributed by atoms with Gasteiger partial charge < -0.3 is 16.2 Å². The number of rotatable bonds is 5. The van der Waals surface area contributed by atoms with Gasteiger partial charge in [-0.25, -0.2) is 4.79 Å². The maximum atomic E-state index is 11.4. The molecule has 0 rings (SSSR count). The molecule has 4 N–H and O–H groups in total. The van der Waals surface area contributed by atoms with E-state index in [0.29, 0.717) is 12.8 Å². The van der Waals surface area contributed by atoms with Gasteiger partial charge in [0, 0.05) is 0 Å². The van der Waals surface area contributed by atoms with Crippen LogP contribution in [0.3, 0.4) is 0 Å². The van der Waals surface area contributed by atoms with Crippen LogP contribution in [-0.4, -0.2) is 28.6 Å². The van der Waals surface area contributed by atoms with Crippen molar-refractivity contribution in [2.45, 2.75) is 45.2 Å². The molecule has 82 valence electrons. The van der Waals surface area contributed by atoms with E-state index >= 15 is 0 Å². The van der Waals surface area contributed by atoms with E-state index in [4.69, 9.17) is 10.8 Å². The molecular weight excluding hydrogens is 184 g/mol. The van der Waals surface area contributed by atoms with Crippen molar-refractivity contribution in [3.63, 3.8) is 0 Å². The van der Waals surface area contributed by atoms with E-state index < -0.39 is 23.5 Å². The summed E-state index contributed by atoms with van der Waals surface area (Å²) in [5, 5.41) is 11.2. The van der Waals surface area contributed by atoms with Gasteiger partial charge in [-0.1, -0.05) is 13.3 Å². The fraction of sp³-hybridized carbons (Fsp3) is 0.778. The normalized spacial score (nSPS) is 13.4. The minimum atomic E-state index is -1.04. The molecule has 0 aromatic heterocycles. The molecule has 1 amide bonds. The van der Waals surface area contributed by atoms with E-state index in [-0.39, 0.29) is 0 Å². The summed E-state index contributed by atoms with van der Waals surface area (Å²) in [4.78, 5) is 22.1. The van der Waals surface area contributed by atoms with Crippen molar-refractivity contribution in [1.82, 2.24) is 5.32 Å². The minimum Gasteiger partial charge on any atom is -0.480 e. The SMILES string of the molecule is CCC[C@@H](NC(=O)C(C)(C)N)C(=O)O. The molecule has 1 atom stereocenters. The quantitative estimate of drug-likeness (QED) is 0.589. The Kier molecular flexibility index (Phi) is 4.56. The van der Waals surface area contributed by atoms with Gasteiger partial charge in [-0.3, -0.25) is 4.79 Å². The molecule has 0 saturated heterocycles. The van der Waals surface area contributed by atoms with Crippen LogP contribution in [0.1, 0.15) is 33.6 Å². The molecule has 0 spiro atoms. The van der Waals surface area contributed by atoms with Crippen LogP contribution in [0, 0.1) is 0 Å². The Hall–Kier alpha value is -1.10. The summed E-state index contributed by atoms with van der Waals surface area (Å²) in [7, 11) is 0. The van der Waals surface area contributed by atoms with Gasteiger partial charge in [0.1, 0.15) is 6.04 Å². The topological polar surface area (TPSA) is 92.4 Å². The minimum absolute atomic E-state index is 0.414. The van der Waals surface area contributed by atoms with Crippen LogP contribution in [0.25, 0.3) is 0 Å². The Bertz CT molecular complexity index is 221. The van der Waals surface area contributed by atoms with Crippen LogP contribution in [0.4, 0.5) is 0 Å². The second-order valence-electron chi connectivity index (χ2n) is 3.87. The Labute approximate surface area is 83.7 Å². The molecular formula is C9H18N2O3. The average Bonchev–Trinajstić information content (AvgIpc) is 2.01. The average molecular weight is 202 g/mol. The summed E-state index contributed by atoms with van der Waals surface area (Å²) in [6, 6.07) is -0.838. The van der Waals surface area contributed by atoms with Crippen molar-refractivity contribution in [3.05, 3.63) is 0 Å². The number of nitrogens with two attached hydrogens (primary N) is 1. The number of amides is 1. The summed E-state index contributed by atoms with van der Waals surface area (Å²) in [6.07, 6.45) is 1.11. The van der Waals surface area contributed by atoms with Gasteiger partial charge in [0.15, 0.2) is 0 Å². The second-order valence-corrected chi connectivity index (χ2v) is 3.87. The van der Waals surface area contributed by atoms with Crippen molar-refractivity contribution in [1.29, 1.82) is 0 Å². The fourth-order valence-electron chi connectivity index (χ4n) is 0.890. The largest absolute Gasteiger partial charge is 0.480 e. The monoisotopic (exact) mass is 202 g/mol. The first-order valence-electron chi connectivity index (χ1n) is 4.61. The third-order valence-corrected chi connectivity index (χ3v) is 1.77. The fourth-order valence-corrected chi connectivity index (χ4v) is 0.890. The molecule has 0 unspecified atom stereocenters. The lowest BCUT2D eigenvalue weighted by atomic mass is 10.0. The first kappa shape index (κ1) is 12.9. The van der Waals surface area contributed by atoms with Crippen LogP contribution in [0.15, 0.2) is 0 Å². The van der Waals surface area contributed by atoms with E-state index in [2.05, 4.69) is 5.32 Å². The molecule has 0 aromatic carbocycles. The van der Waals surface area contributed by atoms with Crippen molar-refractivity contribution >= 4 is 11.9 Å². The highest BCUT2D eigenvalue weighted by molar-refractivity contribution is 5.89. The van der Waals surface area contributed by atoms with Crippen LogP contribution in [-0.2, 0) is 9.59 Å². The molecule has 0 saturated carbocycles. The Morgan fingerprint density at radius 1 is 1.50 bits per heavy atom. The van der Waals surface area contributed by atoms with Crippen LogP contribution >= 0.6 is 0 Å². The number of hydrogen-bond donors (Lipinski definition) is 3. The van der Waals surface area contributed by atoms with Gasteiger partial charge in [0.25, 0.3) is 0 Å². The van der Waals surface area contributed by atoms with E-state index in [0.717, 1.165) is 0 Å². The summed E-state index contributed by atoms with van der Waals surface area (Å²) in [5.74, 6) is -1.47. The Morgan fingerprint density at radius 3 is 2.29 bits per heavy atom. The van der Waals surface area contributed by atoms with Crippen molar-refractivity contribution in [2.24, 2.45) is 5.73 Å². The molecule has 0 aliphatic rings. The number of nitrogens with one attached hydrogen (secondary N) is 1. The molecule has 0 heterocycles. The van der Waals surface area contributed by atoms with Gasteiger partial charge in [-0.2, -0.15) is 0 Å². The molecule has 14 heavy (non-hydrogen) atoms. The molecule has 0 aliphatic heterocycles.